The molecule has 0 N–H and O–H groups in total. The van der Waals surface area contributed by atoms with Crippen molar-refractivity contribution in [1.29, 1.82) is 0 Å². The van der Waals surface area contributed by atoms with Crippen LogP contribution in [0.15, 0.2) is 12.2 Å². The quantitative estimate of drug-likeness (QED) is 0.224. The first-order chi connectivity index (χ1) is 7.20. The van der Waals surface area contributed by atoms with Crippen molar-refractivity contribution in [2.24, 2.45) is 11.8 Å². The third-order valence-electron chi connectivity index (χ3n) is 2.49. The van der Waals surface area contributed by atoms with E-state index in [0.29, 0.717) is 12.8 Å². The number of methoxy groups -OCH3 is 1. The van der Waals surface area contributed by atoms with E-state index in [1.807, 2.05) is 12.2 Å². The van der Waals surface area contributed by atoms with Gasteiger partial charge in [0.15, 0.2) is 0 Å². The first-order valence-electron chi connectivity index (χ1n) is 4.64. The van der Waals surface area contributed by atoms with E-state index in [2.05, 4.69) is 9.53 Å². The van der Waals surface area contributed by atoms with Gasteiger partial charge in [-0.3, -0.25) is 9.59 Å². The molecule has 1 rings (SSSR count). The van der Waals surface area contributed by atoms with Crippen molar-refractivity contribution in [3.63, 3.8) is 0 Å². The summed E-state index contributed by atoms with van der Waals surface area (Å²) < 4.78 is 4.62. The number of esters is 1. The third-order valence-corrected chi connectivity index (χ3v) is 2.49. The van der Waals surface area contributed by atoms with Crippen LogP contribution in [0.1, 0.15) is 12.8 Å². The second-order valence-corrected chi connectivity index (χ2v) is 3.33. The molecule has 5 heteroatoms. The third kappa shape index (κ3) is 2.60. The summed E-state index contributed by atoms with van der Waals surface area (Å²) in [6.45, 7) is 0. The summed E-state index contributed by atoms with van der Waals surface area (Å²) in [5, 5.41) is 0. The highest BCUT2D eigenvalue weighted by atomic mass is 16.5. The van der Waals surface area contributed by atoms with Crippen molar-refractivity contribution in [3.05, 3.63) is 17.7 Å². The molecule has 0 unspecified atom stereocenters. The summed E-state index contributed by atoms with van der Waals surface area (Å²) in [6.07, 6.45) is 5.49. The van der Waals surface area contributed by atoms with Crippen LogP contribution in [0.2, 0.25) is 0 Å². The summed E-state index contributed by atoms with van der Waals surface area (Å²) in [5.41, 5.74) is 8.26. The summed E-state index contributed by atoms with van der Waals surface area (Å²) in [7, 11) is 1.29. The Bertz CT molecular complexity index is 343. The zero-order chi connectivity index (χ0) is 11.3. The van der Waals surface area contributed by atoms with Gasteiger partial charge >= 0.3 is 12.2 Å². The molecular formula is C10H12N2O3. The smallest absolute Gasteiger partial charge is 0.323 e. The Balaban J connectivity index is 2.84. The van der Waals surface area contributed by atoms with E-state index in [0.717, 1.165) is 6.21 Å². The number of nitrogens with zero attached hydrogens (tertiary/aromatic N) is 2. The topological polar surface area (TPSA) is 79.8 Å². The fourth-order valence-corrected chi connectivity index (χ4v) is 1.69. The van der Waals surface area contributed by atoms with E-state index in [1.165, 1.54) is 7.11 Å². The van der Waals surface area contributed by atoms with Crippen molar-refractivity contribution in [1.82, 2.24) is 0 Å². The van der Waals surface area contributed by atoms with E-state index >= 15 is 0 Å². The number of rotatable bonds is 3. The Morgan fingerprint density at radius 3 is 2.53 bits per heavy atom. The molecule has 80 valence electrons. The number of ketones is 1. The van der Waals surface area contributed by atoms with Crippen LogP contribution < -0.4 is 0 Å². The molecule has 0 saturated heterocycles. The molecule has 0 spiro atoms. The summed E-state index contributed by atoms with van der Waals surface area (Å²) in [4.78, 5) is 25.5. The van der Waals surface area contributed by atoms with Crippen LogP contribution in [0, 0.1) is 11.8 Å². The second kappa shape index (κ2) is 5.22. The first-order valence-corrected chi connectivity index (χ1v) is 4.64. The highest BCUT2D eigenvalue weighted by Crippen LogP contribution is 2.26. The van der Waals surface area contributed by atoms with Crippen molar-refractivity contribution in [3.8, 4) is 0 Å². The second-order valence-electron chi connectivity index (χ2n) is 3.33. The molecule has 0 fully saturated rings. The molecule has 0 saturated carbocycles. The van der Waals surface area contributed by atoms with Crippen LogP contribution >= 0.6 is 0 Å². The van der Waals surface area contributed by atoms with Crippen LogP contribution in [-0.2, 0) is 14.3 Å². The summed E-state index contributed by atoms with van der Waals surface area (Å²) in [5.74, 6) is -1.69. The molecule has 0 radical (unpaired) electrons. The lowest BCUT2D eigenvalue weighted by molar-refractivity contribution is -0.149. The number of hydrogen-bond donors (Lipinski definition) is 0. The van der Waals surface area contributed by atoms with Gasteiger partial charge in [-0.15, -0.1) is 0 Å². The maximum atomic E-state index is 11.5. The lowest BCUT2D eigenvalue weighted by Crippen LogP contribution is -2.32. The van der Waals surface area contributed by atoms with Gasteiger partial charge in [-0.25, -0.2) is 0 Å². The lowest BCUT2D eigenvalue weighted by atomic mass is 9.80. The number of Topliss-reactive ketones (excluding diaryl/α,β-unsaturated/α-hetero) is 1. The average Bonchev–Trinajstić information content (AvgIpc) is 2.28. The van der Waals surface area contributed by atoms with E-state index < -0.39 is 17.8 Å². The largest absolute Gasteiger partial charge is 0.469 e. The highest BCUT2D eigenvalue weighted by molar-refractivity contribution is 6.26. The number of hydrogen-bond acceptors (Lipinski definition) is 3. The van der Waals surface area contributed by atoms with E-state index in [1.54, 1.807) is 0 Å². The van der Waals surface area contributed by atoms with Gasteiger partial charge in [-0.1, -0.05) is 12.2 Å². The van der Waals surface area contributed by atoms with Crippen LogP contribution in [-0.4, -0.2) is 29.9 Å². The van der Waals surface area contributed by atoms with Crippen LogP contribution in [0.3, 0.4) is 0 Å². The minimum Gasteiger partial charge on any atom is -0.469 e. The molecular weight excluding hydrogens is 196 g/mol. The lowest BCUT2D eigenvalue weighted by Gasteiger charge is -2.22. The Morgan fingerprint density at radius 2 is 2.00 bits per heavy atom. The van der Waals surface area contributed by atoms with Crippen LogP contribution in [0.25, 0.3) is 5.53 Å². The van der Waals surface area contributed by atoms with Gasteiger partial charge in [-0.05, 0) is 12.8 Å². The Hall–Kier alpha value is -1.74. The molecule has 1 aliphatic carbocycles. The highest BCUT2D eigenvalue weighted by Gasteiger charge is 2.35. The molecule has 0 aromatic rings. The Morgan fingerprint density at radius 1 is 1.40 bits per heavy atom. The van der Waals surface area contributed by atoms with E-state index in [9.17, 15) is 9.59 Å². The Labute approximate surface area is 87.3 Å². The average molecular weight is 208 g/mol. The maximum absolute atomic E-state index is 11.5. The fourth-order valence-electron chi connectivity index (χ4n) is 1.69. The maximum Gasteiger partial charge on any atom is 0.323 e. The van der Waals surface area contributed by atoms with E-state index in [4.69, 9.17) is 5.53 Å². The van der Waals surface area contributed by atoms with Crippen molar-refractivity contribution < 1.29 is 19.1 Å². The first kappa shape index (κ1) is 11.3. The van der Waals surface area contributed by atoms with Gasteiger partial charge in [0.25, 0.3) is 0 Å². The standard InChI is InChI=1S/C10H12N2O3/c1-15-10(14)8-5-3-2-4-7(8)9(13)6-12-11/h2-3,6-8H,4-5H2,1H3/t7-,8+/m0/s1. The predicted octanol–water partition coefficient (Wildman–Crippen LogP) is 0.611. The normalized spacial score (nSPS) is 24.1. The van der Waals surface area contributed by atoms with Crippen molar-refractivity contribution >= 4 is 18.0 Å². The van der Waals surface area contributed by atoms with Gasteiger partial charge in [0.05, 0.1) is 13.0 Å². The molecule has 0 amide bonds. The number of carbonyl (C=O) groups is 2. The van der Waals surface area contributed by atoms with Crippen molar-refractivity contribution in [2.75, 3.05) is 7.11 Å². The Kier molecular flexibility index (Phi) is 3.94. The molecule has 0 aromatic heterocycles. The minimum absolute atomic E-state index is 0.350. The molecule has 15 heavy (non-hydrogen) atoms. The minimum atomic E-state index is -0.474. The molecule has 1 aliphatic rings. The number of allylic oxidation sites excluding steroid dienone is 2. The zero-order valence-electron chi connectivity index (χ0n) is 8.42. The van der Waals surface area contributed by atoms with Crippen molar-refractivity contribution in [2.45, 2.75) is 12.8 Å². The van der Waals surface area contributed by atoms with Crippen LogP contribution in [0.4, 0.5) is 0 Å². The fraction of sp³-hybridized carbons (Fsp3) is 0.500. The van der Waals surface area contributed by atoms with Gasteiger partial charge in [0.2, 0.25) is 5.78 Å². The molecule has 0 aliphatic heterocycles. The summed E-state index contributed by atoms with van der Waals surface area (Å²) in [6, 6.07) is 0. The van der Waals surface area contributed by atoms with Gasteiger partial charge < -0.3 is 10.3 Å². The monoisotopic (exact) mass is 208 g/mol. The zero-order valence-corrected chi connectivity index (χ0v) is 8.42. The molecule has 0 aromatic carbocycles. The molecule has 5 nitrogen and oxygen atoms in total. The molecule has 2 atom stereocenters. The van der Waals surface area contributed by atoms with Gasteiger partial charge in [0.1, 0.15) is 0 Å². The number of carbonyl (C=O) groups excluding carboxylic acids is 2. The van der Waals surface area contributed by atoms with Gasteiger partial charge in [0, 0.05) is 5.92 Å². The molecule has 0 bridgehead atoms. The van der Waals surface area contributed by atoms with Crippen LogP contribution in [0.5, 0.6) is 0 Å². The SMILES string of the molecule is COC(=O)[C@@H]1CC=CC[C@@H]1C(=O)C=[N+]=[N-]. The summed E-state index contributed by atoms with van der Waals surface area (Å²) >= 11 is 0. The predicted molar refractivity (Wildman–Crippen MR) is 52.1 cm³/mol. The van der Waals surface area contributed by atoms with Gasteiger partial charge in [-0.2, -0.15) is 4.79 Å². The van der Waals surface area contributed by atoms with E-state index in [-0.39, 0.29) is 5.78 Å². The molecule has 0 heterocycles. The number of ether oxygens (including phenoxy) is 1.